The van der Waals surface area contributed by atoms with Gasteiger partial charge in [-0.25, -0.2) is 0 Å². The summed E-state index contributed by atoms with van der Waals surface area (Å²) < 4.78 is 0. The van der Waals surface area contributed by atoms with Gasteiger partial charge in [0.05, 0.1) is 6.42 Å². The topological polar surface area (TPSA) is 270 Å². The molecule has 0 spiro atoms. The van der Waals surface area contributed by atoms with Crippen LogP contribution in [0.4, 0.5) is 0 Å². The van der Waals surface area contributed by atoms with Crippen LogP contribution in [0.5, 0.6) is 0 Å². The number of amides is 1. The lowest BCUT2D eigenvalue weighted by Crippen LogP contribution is -2.34. The number of carbonyl (C=O) groups is 5. The van der Waals surface area contributed by atoms with Gasteiger partial charge in [-0.1, -0.05) is 0 Å². The van der Waals surface area contributed by atoms with Gasteiger partial charge in [0.1, 0.15) is 18.1 Å². The summed E-state index contributed by atoms with van der Waals surface area (Å²) >= 11 is 0. The van der Waals surface area contributed by atoms with Crippen LogP contribution in [-0.4, -0.2) is 68.3 Å². The molecule has 25 heavy (non-hydrogen) atoms. The Labute approximate surface area is 142 Å². The highest BCUT2D eigenvalue weighted by atomic mass is 16.4. The van der Waals surface area contributed by atoms with Gasteiger partial charge in [-0.3, -0.25) is 24.0 Å². The normalized spacial score (nSPS) is 12.8. The van der Waals surface area contributed by atoms with E-state index in [2.05, 4.69) is 5.73 Å². The fraction of sp³-hybridized carbons (Fsp3) is 0.583. The second-order valence-electron chi connectivity index (χ2n) is 4.62. The summed E-state index contributed by atoms with van der Waals surface area (Å²) in [6.07, 6.45) is -0.534. The van der Waals surface area contributed by atoms with Gasteiger partial charge in [-0.2, -0.15) is 0 Å². The summed E-state index contributed by atoms with van der Waals surface area (Å²) in [6.45, 7) is 1.42. The first kappa shape index (κ1) is 27.1. The number of hydrogen-bond acceptors (Lipinski definition) is 8. The van der Waals surface area contributed by atoms with Gasteiger partial charge in [0.2, 0.25) is 5.91 Å². The Hall–Kier alpha value is -2.77. The van der Waals surface area contributed by atoms with Crippen molar-refractivity contribution < 1.29 is 44.4 Å². The van der Waals surface area contributed by atoms with E-state index in [0.717, 1.165) is 0 Å². The van der Waals surface area contributed by atoms with E-state index in [9.17, 15) is 24.0 Å². The molecule has 0 unspecified atom stereocenters. The van der Waals surface area contributed by atoms with Crippen molar-refractivity contribution in [3.05, 3.63) is 0 Å². The highest BCUT2D eigenvalue weighted by molar-refractivity contribution is 5.83. The predicted molar refractivity (Wildman–Crippen MR) is 83.2 cm³/mol. The van der Waals surface area contributed by atoms with E-state index >= 15 is 0 Å². The van der Waals surface area contributed by atoms with Crippen molar-refractivity contribution in [3.63, 3.8) is 0 Å². The van der Waals surface area contributed by atoms with Gasteiger partial charge >= 0.3 is 23.9 Å². The molecule has 0 saturated heterocycles. The first-order valence-corrected chi connectivity index (χ1v) is 6.67. The molecule has 0 radical (unpaired) electrons. The second kappa shape index (κ2) is 14.8. The molecule has 0 aromatic heterocycles. The average molecular weight is 368 g/mol. The Bertz CT molecular complexity index is 468. The summed E-state index contributed by atoms with van der Waals surface area (Å²) in [4.78, 5) is 49.3. The number of primary amides is 1. The maximum atomic E-state index is 9.99. The molecule has 0 aliphatic carbocycles. The van der Waals surface area contributed by atoms with E-state index in [4.69, 9.17) is 37.6 Å². The number of aliphatic carboxylic acids is 4. The average Bonchev–Trinajstić information content (AvgIpc) is 2.44. The van der Waals surface area contributed by atoms with Crippen molar-refractivity contribution >= 4 is 29.8 Å². The Morgan fingerprint density at radius 3 is 1.32 bits per heavy atom. The summed E-state index contributed by atoms with van der Waals surface area (Å²) in [6, 6.07) is -2.96. The molecule has 0 aromatic carbocycles. The van der Waals surface area contributed by atoms with E-state index in [1.807, 2.05) is 0 Å². The SMILES string of the molecule is C[C@H](N)C(=O)O.NC(=O)C[C@H](N)C(=O)O.N[C@@H](CCC(=O)O)C(=O)O. The van der Waals surface area contributed by atoms with Crippen molar-refractivity contribution in [1.82, 2.24) is 0 Å². The minimum Gasteiger partial charge on any atom is -0.481 e. The fourth-order valence-electron chi connectivity index (χ4n) is 0.707. The molecule has 0 heterocycles. The van der Waals surface area contributed by atoms with Crippen LogP contribution in [0.2, 0.25) is 0 Å². The molecule has 0 rings (SSSR count). The Morgan fingerprint density at radius 2 is 1.16 bits per heavy atom. The quantitative estimate of drug-likeness (QED) is 0.212. The van der Waals surface area contributed by atoms with Crippen LogP contribution in [0.1, 0.15) is 26.2 Å². The van der Waals surface area contributed by atoms with Gasteiger partial charge in [-0.05, 0) is 13.3 Å². The van der Waals surface area contributed by atoms with E-state index in [0.29, 0.717) is 0 Å². The van der Waals surface area contributed by atoms with E-state index in [1.54, 1.807) is 0 Å². The molecular formula is C12H24N4O9. The third kappa shape index (κ3) is 23.6. The van der Waals surface area contributed by atoms with Crippen LogP contribution in [0.25, 0.3) is 0 Å². The number of carboxylic acids is 4. The zero-order valence-corrected chi connectivity index (χ0v) is 13.5. The molecule has 1 amide bonds. The maximum Gasteiger partial charge on any atom is 0.321 e. The van der Waals surface area contributed by atoms with Gasteiger partial charge in [-0.15, -0.1) is 0 Å². The summed E-state index contributed by atoms with van der Waals surface area (Å²) in [5.74, 6) is -5.08. The predicted octanol–water partition coefficient (Wildman–Crippen LogP) is -3.04. The molecule has 3 atom stereocenters. The third-order valence-corrected chi connectivity index (χ3v) is 2.11. The minimum atomic E-state index is -1.21. The summed E-state index contributed by atoms with van der Waals surface area (Å²) in [5, 5.41) is 32.2. The molecule has 12 N–H and O–H groups in total. The largest absolute Gasteiger partial charge is 0.481 e. The molecular weight excluding hydrogens is 344 g/mol. The fourth-order valence-corrected chi connectivity index (χ4v) is 0.707. The number of hydrogen-bond donors (Lipinski definition) is 8. The van der Waals surface area contributed by atoms with Crippen LogP contribution in [0.3, 0.4) is 0 Å². The lowest BCUT2D eigenvalue weighted by Gasteiger charge is -2.01. The highest BCUT2D eigenvalue weighted by Crippen LogP contribution is 1.93. The molecule has 13 heteroatoms. The molecule has 0 aromatic rings. The van der Waals surface area contributed by atoms with Crippen LogP contribution in [0, 0.1) is 0 Å². The molecule has 0 aliphatic rings. The third-order valence-electron chi connectivity index (χ3n) is 2.11. The Kier molecular flexibility index (Phi) is 16.0. The molecule has 0 aliphatic heterocycles. The van der Waals surface area contributed by atoms with Gasteiger partial charge in [0.25, 0.3) is 0 Å². The molecule has 0 fully saturated rings. The van der Waals surface area contributed by atoms with Crippen molar-refractivity contribution in [3.8, 4) is 0 Å². The second-order valence-corrected chi connectivity index (χ2v) is 4.62. The number of rotatable bonds is 8. The summed E-state index contributed by atoms with van der Waals surface area (Å²) in [5.41, 5.74) is 19.4. The Morgan fingerprint density at radius 1 is 0.800 bits per heavy atom. The lowest BCUT2D eigenvalue weighted by atomic mass is 10.2. The maximum absolute atomic E-state index is 9.99. The van der Waals surface area contributed by atoms with E-state index in [-0.39, 0.29) is 19.3 Å². The zero-order valence-electron chi connectivity index (χ0n) is 13.5. The van der Waals surface area contributed by atoms with Crippen molar-refractivity contribution in [2.24, 2.45) is 22.9 Å². The monoisotopic (exact) mass is 368 g/mol. The first-order chi connectivity index (χ1) is 11.2. The van der Waals surface area contributed by atoms with Crippen LogP contribution >= 0.6 is 0 Å². The molecule has 146 valence electrons. The van der Waals surface area contributed by atoms with Gasteiger partial charge in [0, 0.05) is 6.42 Å². The molecule has 13 nitrogen and oxygen atoms in total. The van der Waals surface area contributed by atoms with Crippen molar-refractivity contribution in [1.29, 1.82) is 0 Å². The number of nitrogens with two attached hydrogens (primary N) is 4. The number of carboxylic acid groups (broad SMARTS) is 4. The Balaban J connectivity index is -0.000000300. The van der Waals surface area contributed by atoms with E-state index < -0.39 is 47.9 Å². The van der Waals surface area contributed by atoms with Gasteiger partial charge in [0.15, 0.2) is 0 Å². The van der Waals surface area contributed by atoms with Crippen molar-refractivity contribution in [2.75, 3.05) is 0 Å². The summed E-state index contributed by atoms with van der Waals surface area (Å²) in [7, 11) is 0. The van der Waals surface area contributed by atoms with Crippen LogP contribution in [-0.2, 0) is 24.0 Å². The minimum absolute atomic E-state index is 0.0231. The first-order valence-electron chi connectivity index (χ1n) is 6.67. The molecule has 0 bridgehead atoms. The lowest BCUT2D eigenvalue weighted by molar-refractivity contribution is -0.141. The van der Waals surface area contributed by atoms with Crippen LogP contribution < -0.4 is 22.9 Å². The smallest absolute Gasteiger partial charge is 0.321 e. The number of carbonyl (C=O) groups excluding carboxylic acids is 1. The zero-order chi connectivity index (χ0) is 20.7. The highest BCUT2D eigenvalue weighted by Gasteiger charge is 2.13. The van der Waals surface area contributed by atoms with E-state index in [1.165, 1.54) is 6.92 Å². The van der Waals surface area contributed by atoms with Crippen LogP contribution in [0.15, 0.2) is 0 Å². The standard InChI is InChI=1S/C5H9NO4.C4H8N2O3.C3H7NO2/c6-3(5(9)10)1-2-4(7)8;5-2(4(8)9)1-3(6)7;1-2(4)3(5)6/h3H,1-2,6H2,(H,7,8)(H,9,10);2H,1,5H2,(H2,6,7)(H,8,9);2H,4H2,1H3,(H,5,6)/t3-;2*2-/m000/s1. The molecule has 0 saturated carbocycles. The van der Waals surface area contributed by atoms with Crippen molar-refractivity contribution in [2.45, 2.75) is 44.3 Å². The van der Waals surface area contributed by atoms with Gasteiger partial charge < -0.3 is 43.4 Å².